The van der Waals surface area contributed by atoms with Crippen LogP contribution in [0.25, 0.3) is 0 Å². The first-order valence-corrected chi connectivity index (χ1v) is 10.3. The second-order valence-corrected chi connectivity index (χ2v) is 7.87. The predicted octanol–water partition coefficient (Wildman–Crippen LogP) is 1.96. The van der Waals surface area contributed by atoms with Crippen LogP contribution in [-0.2, 0) is 21.5 Å². The van der Waals surface area contributed by atoms with Gasteiger partial charge in [-0.1, -0.05) is 49.6 Å². The van der Waals surface area contributed by atoms with E-state index in [9.17, 15) is 4.79 Å². The summed E-state index contributed by atoms with van der Waals surface area (Å²) in [7, 11) is 0. The summed E-state index contributed by atoms with van der Waals surface area (Å²) in [4.78, 5) is 16.9. The molecular weight excluding hydrogens is 354 g/mol. The highest BCUT2D eigenvalue weighted by Gasteiger charge is 2.34. The minimum absolute atomic E-state index is 0.00153. The number of hydrogen-bond donors (Lipinski definition) is 2. The van der Waals surface area contributed by atoms with Crippen molar-refractivity contribution < 1.29 is 9.53 Å². The van der Waals surface area contributed by atoms with E-state index in [4.69, 9.17) is 4.74 Å². The number of carbonyl (C=O) groups excluding carboxylic acids is 1. The SMILES string of the molecule is O=C(Cn1cnc(C2COCCN2)n1)NCC1(c2ccccc2)CCCCC1. The molecule has 0 radical (unpaired) electrons. The van der Waals surface area contributed by atoms with Crippen molar-refractivity contribution in [3.8, 4) is 0 Å². The van der Waals surface area contributed by atoms with Gasteiger partial charge in [-0.25, -0.2) is 9.67 Å². The van der Waals surface area contributed by atoms with Crippen molar-refractivity contribution in [1.82, 2.24) is 25.4 Å². The van der Waals surface area contributed by atoms with Gasteiger partial charge in [-0.05, 0) is 18.4 Å². The molecule has 4 rings (SSSR count). The van der Waals surface area contributed by atoms with Crippen molar-refractivity contribution in [2.24, 2.45) is 0 Å². The van der Waals surface area contributed by atoms with E-state index in [0.29, 0.717) is 25.6 Å². The number of benzene rings is 1. The third-order valence-corrected chi connectivity index (χ3v) is 5.91. The number of nitrogens with zero attached hydrogens (tertiary/aromatic N) is 3. The lowest BCUT2D eigenvalue weighted by Crippen LogP contribution is -2.43. The number of rotatable bonds is 6. The Hall–Kier alpha value is -2.25. The molecule has 1 aromatic carbocycles. The minimum atomic E-state index is -0.0230. The zero-order chi connectivity index (χ0) is 19.2. The fourth-order valence-corrected chi connectivity index (χ4v) is 4.33. The molecule has 1 aliphatic carbocycles. The normalized spacial score (nSPS) is 21.9. The number of carbonyl (C=O) groups is 1. The number of amides is 1. The quantitative estimate of drug-likeness (QED) is 0.797. The molecular formula is C21H29N5O2. The first-order valence-electron chi connectivity index (χ1n) is 10.3. The second kappa shape index (κ2) is 8.84. The van der Waals surface area contributed by atoms with Gasteiger partial charge in [0.15, 0.2) is 5.82 Å². The Labute approximate surface area is 165 Å². The van der Waals surface area contributed by atoms with Crippen molar-refractivity contribution in [3.05, 3.63) is 48.0 Å². The third-order valence-electron chi connectivity index (χ3n) is 5.91. The molecule has 2 aromatic rings. The van der Waals surface area contributed by atoms with E-state index in [-0.39, 0.29) is 23.9 Å². The highest BCUT2D eigenvalue weighted by atomic mass is 16.5. The Morgan fingerprint density at radius 3 is 2.82 bits per heavy atom. The van der Waals surface area contributed by atoms with E-state index in [0.717, 1.165) is 19.4 Å². The van der Waals surface area contributed by atoms with E-state index in [1.54, 1.807) is 11.0 Å². The molecule has 2 fully saturated rings. The van der Waals surface area contributed by atoms with Crippen molar-refractivity contribution in [1.29, 1.82) is 0 Å². The van der Waals surface area contributed by atoms with Crippen LogP contribution < -0.4 is 10.6 Å². The van der Waals surface area contributed by atoms with E-state index in [1.807, 2.05) is 6.07 Å². The molecule has 7 heteroatoms. The van der Waals surface area contributed by atoms with Gasteiger partial charge in [0, 0.05) is 18.5 Å². The molecule has 1 saturated heterocycles. The zero-order valence-corrected chi connectivity index (χ0v) is 16.3. The number of nitrogens with one attached hydrogen (secondary N) is 2. The lowest BCUT2D eigenvalue weighted by molar-refractivity contribution is -0.122. The molecule has 1 unspecified atom stereocenters. The van der Waals surface area contributed by atoms with Crippen molar-refractivity contribution in [2.75, 3.05) is 26.3 Å². The van der Waals surface area contributed by atoms with Gasteiger partial charge in [0.25, 0.3) is 0 Å². The van der Waals surface area contributed by atoms with Gasteiger partial charge in [-0.15, -0.1) is 0 Å². The lowest BCUT2D eigenvalue weighted by atomic mass is 9.69. The maximum Gasteiger partial charge on any atom is 0.241 e. The van der Waals surface area contributed by atoms with E-state index < -0.39 is 0 Å². The fraction of sp³-hybridized carbons (Fsp3) is 0.571. The smallest absolute Gasteiger partial charge is 0.241 e. The molecule has 150 valence electrons. The standard InChI is InChI=1S/C21H29N5O2/c27-19(13-26-16-24-20(25-26)18-14-28-12-11-22-18)23-15-21(9-5-2-6-10-21)17-7-3-1-4-8-17/h1,3-4,7-8,16,18,22H,2,5-6,9-15H2,(H,23,27). The minimum Gasteiger partial charge on any atom is -0.378 e. The summed E-state index contributed by atoms with van der Waals surface area (Å²) in [6.45, 7) is 2.93. The van der Waals surface area contributed by atoms with Crippen LogP contribution in [0.3, 0.4) is 0 Å². The van der Waals surface area contributed by atoms with Crippen LogP contribution in [0.5, 0.6) is 0 Å². The van der Waals surface area contributed by atoms with Gasteiger partial charge < -0.3 is 15.4 Å². The largest absolute Gasteiger partial charge is 0.378 e. The van der Waals surface area contributed by atoms with Gasteiger partial charge in [-0.3, -0.25) is 4.79 Å². The molecule has 7 nitrogen and oxygen atoms in total. The number of aromatic nitrogens is 3. The van der Waals surface area contributed by atoms with Gasteiger partial charge in [0.1, 0.15) is 12.9 Å². The first-order chi connectivity index (χ1) is 13.8. The summed E-state index contributed by atoms with van der Waals surface area (Å²) < 4.78 is 7.06. The summed E-state index contributed by atoms with van der Waals surface area (Å²) >= 11 is 0. The molecule has 0 spiro atoms. The van der Waals surface area contributed by atoms with Gasteiger partial charge in [-0.2, -0.15) is 5.10 Å². The van der Waals surface area contributed by atoms with Crippen LogP contribution in [0.2, 0.25) is 0 Å². The summed E-state index contributed by atoms with van der Waals surface area (Å²) in [5.41, 5.74) is 1.38. The molecule has 1 atom stereocenters. The van der Waals surface area contributed by atoms with E-state index in [2.05, 4.69) is 45.0 Å². The Morgan fingerprint density at radius 1 is 1.25 bits per heavy atom. The van der Waals surface area contributed by atoms with Crippen molar-refractivity contribution in [3.63, 3.8) is 0 Å². The molecule has 1 saturated carbocycles. The van der Waals surface area contributed by atoms with Crippen LogP contribution in [0.4, 0.5) is 0 Å². The van der Waals surface area contributed by atoms with Crippen LogP contribution in [-0.4, -0.2) is 47.0 Å². The molecule has 2 N–H and O–H groups in total. The maximum absolute atomic E-state index is 12.6. The van der Waals surface area contributed by atoms with Crippen molar-refractivity contribution in [2.45, 2.75) is 50.1 Å². The Bertz CT molecular complexity index is 764. The average Bonchev–Trinajstić information content (AvgIpc) is 3.23. The molecule has 2 heterocycles. The Balaban J connectivity index is 1.36. The number of ether oxygens (including phenoxy) is 1. The molecule has 1 aliphatic heterocycles. The molecule has 1 aromatic heterocycles. The zero-order valence-electron chi connectivity index (χ0n) is 16.3. The van der Waals surface area contributed by atoms with Gasteiger partial charge in [0.2, 0.25) is 5.91 Å². The topological polar surface area (TPSA) is 81.1 Å². The Morgan fingerprint density at radius 2 is 2.07 bits per heavy atom. The van der Waals surface area contributed by atoms with Gasteiger partial charge in [0.05, 0.1) is 19.3 Å². The summed E-state index contributed by atoms with van der Waals surface area (Å²) in [6, 6.07) is 10.6. The predicted molar refractivity (Wildman–Crippen MR) is 106 cm³/mol. The first kappa shape index (κ1) is 19.1. The molecule has 2 aliphatic rings. The highest BCUT2D eigenvalue weighted by molar-refractivity contribution is 5.75. The van der Waals surface area contributed by atoms with Gasteiger partial charge >= 0.3 is 0 Å². The fourth-order valence-electron chi connectivity index (χ4n) is 4.33. The third kappa shape index (κ3) is 4.42. The summed E-state index contributed by atoms with van der Waals surface area (Å²) in [6.07, 6.45) is 7.58. The van der Waals surface area contributed by atoms with E-state index >= 15 is 0 Å². The van der Waals surface area contributed by atoms with E-state index in [1.165, 1.54) is 24.8 Å². The molecule has 28 heavy (non-hydrogen) atoms. The highest BCUT2D eigenvalue weighted by Crippen LogP contribution is 2.38. The Kier molecular flexibility index (Phi) is 6.02. The molecule has 0 bridgehead atoms. The molecule has 1 amide bonds. The number of morpholine rings is 1. The lowest BCUT2D eigenvalue weighted by Gasteiger charge is -2.38. The maximum atomic E-state index is 12.6. The van der Waals surface area contributed by atoms with Crippen molar-refractivity contribution >= 4 is 5.91 Å². The summed E-state index contributed by atoms with van der Waals surface area (Å²) in [5, 5.41) is 10.9. The van der Waals surface area contributed by atoms with Crippen LogP contribution >= 0.6 is 0 Å². The second-order valence-electron chi connectivity index (χ2n) is 7.87. The summed E-state index contributed by atoms with van der Waals surface area (Å²) in [5.74, 6) is 0.658. The average molecular weight is 383 g/mol. The van der Waals surface area contributed by atoms with Crippen LogP contribution in [0.15, 0.2) is 36.7 Å². The monoisotopic (exact) mass is 383 g/mol. The van der Waals surface area contributed by atoms with Crippen LogP contribution in [0.1, 0.15) is 49.5 Å². The number of hydrogen-bond acceptors (Lipinski definition) is 5. The van der Waals surface area contributed by atoms with Crippen LogP contribution in [0, 0.1) is 0 Å².